The third-order valence-corrected chi connectivity index (χ3v) is 5.16. The number of ether oxygens (including phenoxy) is 1. The molecule has 8 heteroatoms. The Hall–Kier alpha value is -3.48. The molecule has 0 bridgehead atoms. The Morgan fingerprint density at radius 1 is 1.06 bits per heavy atom. The van der Waals surface area contributed by atoms with Crippen molar-refractivity contribution in [1.29, 1.82) is 0 Å². The van der Waals surface area contributed by atoms with Gasteiger partial charge in [-0.25, -0.2) is 14.8 Å². The monoisotopic (exact) mass is 452 g/mol. The second-order valence-electron chi connectivity index (χ2n) is 6.43. The quantitative estimate of drug-likeness (QED) is 0.225. The van der Waals surface area contributed by atoms with E-state index in [0.29, 0.717) is 39.6 Å². The Morgan fingerprint density at radius 2 is 1.81 bits per heavy atom. The predicted octanol–water partition coefficient (Wildman–Crippen LogP) is 5.70. The van der Waals surface area contributed by atoms with Gasteiger partial charge in [0.25, 0.3) is 0 Å². The molecular weight excluding hydrogens is 439 g/mol. The topological polar surface area (TPSA) is 81.8 Å². The van der Waals surface area contributed by atoms with E-state index in [-0.39, 0.29) is 21.8 Å². The summed E-state index contributed by atoms with van der Waals surface area (Å²) in [5, 5.41) is 0.854. The van der Waals surface area contributed by atoms with Gasteiger partial charge in [0.05, 0.1) is 44.9 Å². The lowest BCUT2D eigenvalue weighted by Crippen LogP contribution is -2.06. The van der Waals surface area contributed by atoms with E-state index in [9.17, 15) is 9.59 Å². The molecule has 1 aromatic heterocycles. The van der Waals surface area contributed by atoms with E-state index in [0.717, 1.165) is 0 Å². The fraction of sp³-hybridized carbons (Fsp3) is 0.0435. The third-order valence-electron chi connectivity index (χ3n) is 4.53. The molecule has 0 saturated heterocycles. The summed E-state index contributed by atoms with van der Waals surface area (Å²) in [6, 6.07) is 16.7. The van der Waals surface area contributed by atoms with Crippen molar-refractivity contribution in [2.45, 2.75) is 0 Å². The molecule has 0 amide bonds. The summed E-state index contributed by atoms with van der Waals surface area (Å²) >= 11 is 13.0. The van der Waals surface area contributed by atoms with Gasteiger partial charge in [-0.3, -0.25) is 4.79 Å². The number of fused-ring (bicyclic) bond motifs is 1. The molecule has 4 aromatic rings. The Labute approximate surface area is 186 Å². The Morgan fingerprint density at radius 3 is 2.58 bits per heavy atom. The molecule has 0 unspecified atom stereocenters. The van der Waals surface area contributed by atoms with Crippen LogP contribution in [-0.4, -0.2) is 24.3 Å². The molecular formula is C23H14Cl2N2O4. The van der Waals surface area contributed by atoms with E-state index in [4.69, 9.17) is 32.4 Å². The Kier molecular flexibility index (Phi) is 5.84. The Bertz CT molecular complexity index is 1400. The van der Waals surface area contributed by atoms with Gasteiger partial charge in [-0.15, -0.1) is 0 Å². The number of para-hydroxylation sites is 2. The average Bonchev–Trinajstić information content (AvgIpc) is 2.79. The normalized spacial score (nSPS) is 11.5. The molecule has 0 aliphatic heterocycles. The van der Waals surface area contributed by atoms with Crippen LogP contribution in [0.1, 0.15) is 15.9 Å². The van der Waals surface area contributed by atoms with Crippen LogP contribution >= 0.6 is 23.2 Å². The number of aromatic nitrogens is 1. The van der Waals surface area contributed by atoms with Gasteiger partial charge in [-0.05, 0) is 36.4 Å². The van der Waals surface area contributed by atoms with Gasteiger partial charge in [0.2, 0.25) is 11.8 Å². The fourth-order valence-electron chi connectivity index (χ4n) is 3.02. The fourth-order valence-corrected chi connectivity index (χ4v) is 3.51. The molecule has 154 valence electrons. The maximum Gasteiger partial charge on any atom is 0.347 e. The molecule has 0 atom stereocenters. The standard InChI is InChI=1S/C23H14Cl2N2O4/c1-30-21(26-19-8-4-2-6-13(19)12-28)15-10-18(25)16(11-17(15)24)22-27-20-9-5-3-7-14(20)23(29)31-22/h2-12H,1H3/b26-21-. The molecule has 0 fully saturated rings. The van der Waals surface area contributed by atoms with Crippen LogP contribution in [0.2, 0.25) is 10.0 Å². The van der Waals surface area contributed by atoms with Crippen molar-refractivity contribution in [3.63, 3.8) is 0 Å². The molecule has 0 saturated carbocycles. The Balaban J connectivity index is 1.83. The summed E-state index contributed by atoms with van der Waals surface area (Å²) in [5.41, 5.74) is 1.53. The van der Waals surface area contributed by atoms with Crippen molar-refractivity contribution in [3.05, 3.63) is 92.3 Å². The van der Waals surface area contributed by atoms with Crippen LogP contribution in [0, 0.1) is 0 Å². The number of hydrogen-bond acceptors (Lipinski definition) is 6. The summed E-state index contributed by atoms with van der Waals surface area (Å²) in [5.74, 6) is 0.213. The summed E-state index contributed by atoms with van der Waals surface area (Å²) in [4.78, 5) is 32.4. The molecule has 31 heavy (non-hydrogen) atoms. The minimum Gasteiger partial charge on any atom is -0.481 e. The second-order valence-corrected chi connectivity index (χ2v) is 7.25. The number of rotatable bonds is 4. The maximum absolute atomic E-state index is 12.3. The van der Waals surface area contributed by atoms with Crippen molar-refractivity contribution in [3.8, 4) is 11.5 Å². The first-order chi connectivity index (χ1) is 15.0. The minimum atomic E-state index is -0.526. The van der Waals surface area contributed by atoms with Crippen LogP contribution < -0.4 is 5.63 Å². The predicted molar refractivity (Wildman–Crippen MR) is 121 cm³/mol. The number of carbonyl (C=O) groups is 1. The largest absolute Gasteiger partial charge is 0.481 e. The molecule has 4 rings (SSSR count). The summed E-state index contributed by atoms with van der Waals surface area (Å²) < 4.78 is 10.8. The van der Waals surface area contributed by atoms with Gasteiger partial charge in [-0.1, -0.05) is 47.5 Å². The van der Waals surface area contributed by atoms with Gasteiger partial charge < -0.3 is 9.15 Å². The molecule has 0 radical (unpaired) electrons. The van der Waals surface area contributed by atoms with Crippen LogP contribution in [0.5, 0.6) is 0 Å². The lowest BCUT2D eigenvalue weighted by Gasteiger charge is -2.11. The lowest BCUT2D eigenvalue weighted by molar-refractivity contribution is 0.112. The molecule has 0 aliphatic carbocycles. The van der Waals surface area contributed by atoms with E-state index in [1.165, 1.54) is 13.2 Å². The number of benzene rings is 3. The van der Waals surface area contributed by atoms with Crippen molar-refractivity contribution in [2.24, 2.45) is 4.99 Å². The van der Waals surface area contributed by atoms with Gasteiger partial charge in [0.1, 0.15) is 0 Å². The molecule has 1 heterocycles. The summed E-state index contributed by atoms with van der Waals surface area (Å²) in [6.45, 7) is 0. The van der Waals surface area contributed by atoms with E-state index in [1.54, 1.807) is 54.6 Å². The van der Waals surface area contributed by atoms with E-state index >= 15 is 0 Å². The van der Waals surface area contributed by atoms with Crippen LogP contribution in [0.25, 0.3) is 22.4 Å². The van der Waals surface area contributed by atoms with Crippen molar-refractivity contribution in [2.75, 3.05) is 7.11 Å². The first-order valence-electron chi connectivity index (χ1n) is 9.08. The van der Waals surface area contributed by atoms with Crippen LogP contribution in [0.15, 0.2) is 74.9 Å². The van der Waals surface area contributed by atoms with E-state index in [2.05, 4.69) is 9.98 Å². The number of carbonyl (C=O) groups excluding carboxylic acids is 1. The van der Waals surface area contributed by atoms with Crippen molar-refractivity contribution < 1.29 is 13.9 Å². The van der Waals surface area contributed by atoms with Crippen molar-refractivity contribution >= 4 is 52.0 Å². The van der Waals surface area contributed by atoms with Crippen LogP contribution in [0.4, 0.5) is 5.69 Å². The maximum atomic E-state index is 12.3. The van der Waals surface area contributed by atoms with Crippen molar-refractivity contribution in [1.82, 2.24) is 4.98 Å². The van der Waals surface area contributed by atoms with Gasteiger partial charge >= 0.3 is 5.63 Å². The van der Waals surface area contributed by atoms with E-state index in [1.807, 2.05) is 0 Å². The number of nitrogens with zero attached hydrogens (tertiary/aromatic N) is 2. The summed E-state index contributed by atoms with van der Waals surface area (Å²) in [6.07, 6.45) is 0.706. The number of hydrogen-bond donors (Lipinski definition) is 0. The highest BCUT2D eigenvalue weighted by Crippen LogP contribution is 2.33. The highest BCUT2D eigenvalue weighted by atomic mass is 35.5. The first-order valence-corrected chi connectivity index (χ1v) is 9.84. The molecule has 3 aromatic carbocycles. The zero-order valence-corrected chi connectivity index (χ0v) is 17.6. The number of aldehydes is 1. The zero-order valence-electron chi connectivity index (χ0n) is 16.1. The highest BCUT2D eigenvalue weighted by Gasteiger charge is 2.18. The average molecular weight is 453 g/mol. The molecule has 6 nitrogen and oxygen atoms in total. The minimum absolute atomic E-state index is 0.0457. The first kappa shape index (κ1) is 20.8. The van der Waals surface area contributed by atoms with Crippen LogP contribution in [0.3, 0.4) is 0 Å². The third kappa shape index (κ3) is 4.08. The molecule has 0 spiro atoms. The van der Waals surface area contributed by atoms with E-state index < -0.39 is 5.63 Å². The highest BCUT2D eigenvalue weighted by molar-refractivity contribution is 6.37. The van der Waals surface area contributed by atoms with Gasteiger partial charge in [-0.2, -0.15) is 0 Å². The smallest absolute Gasteiger partial charge is 0.347 e. The molecule has 0 aliphatic rings. The second kappa shape index (κ2) is 8.71. The van der Waals surface area contributed by atoms with Gasteiger partial charge in [0.15, 0.2) is 6.29 Å². The SMILES string of the molecule is CO/C(=N\c1ccccc1C=O)c1cc(Cl)c(-c2nc3ccccc3c(=O)o2)cc1Cl. The summed E-state index contributed by atoms with van der Waals surface area (Å²) in [7, 11) is 1.43. The zero-order chi connectivity index (χ0) is 22.0. The lowest BCUT2D eigenvalue weighted by atomic mass is 10.1. The van der Waals surface area contributed by atoms with Crippen LogP contribution in [-0.2, 0) is 4.74 Å². The number of aliphatic imine (C=N–C) groups is 1. The van der Waals surface area contributed by atoms with Gasteiger partial charge in [0, 0.05) is 5.56 Å². The number of halogens is 2. The number of methoxy groups -OCH3 is 1. The molecule has 0 N–H and O–H groups in total.